The summed E-state index contributed by atoms with van der Waals surface area (Å²) in [6.07, 6.45) is 0. The van der Waals surface area contributed by atoms with Gasteiger partial charge in [-0.25, -0.2) is 0 Å². The van der Waals surface area contributed by atoms with Crippen LogP contribution in [0, 0.1) is 11.3 Å². The van der Waals surface area contributed by atoms with Crippen LogP contribution in [0.15, 0.2) is 24.3 Å². The summed E-state index contributed by atoms with van der Waals surface area (Å²) in [7, 11) is 0. The number of rotatable bonds is 2. The van der Waals surface area contributed by atoms with Gasteiger partial charge in [0, 0.05) is 12.1 Å². The largest absolute Gasteiger partial charge is 0.459 e. The van der Waals surface area contributed by atoms with Crippen LogP contribution in [0.5, 0.6) is 0 Å². The fourth-order valence-corrected chi connectivity index (χ4v) is 0.864. The van der Waals surface area contributed by atoms with Crippen LogP contribution in [0.4, 0.5) is 5.69 Å². The lowest BCUT2D eigenvalue weighted by atomic mass is 10.2. The van der Waals surface area contributed by atoms with Gasteiger partial charge in [0.15, 0.2) is 0 Å². The lowest BCUT2D eigenvalue weighted by Crippen LogP contribution is -2.66. The Hall–Kier alpha value is -1.73. The fourth-order valence-electron chi connectivity index (χ4n) is 0.805. The molecule has 0 radical (unpaired) electrons. The minimum absolute atomic E-state index is 0.0836. The number of benzene rings is 1. The summed E-state index contributed by atoms with van der Waals surface area (Å²) >= 11 is 4.50. The third kappa shape index (κ3) is 2.65. The summed E-state index contributed by atoms with van der Waals surface area (Å²) in [6, 6.07) is 8.68. The molecular formula is C9H7N2OS+. The molecule has 0 spiro atoms. The molecule has 0 aromatic heterocycles. The van der Waals surface area contributed by atoms with Crippen LogP contribution in [0.1, 0.15) is 5.56 Å². The van der Waals surface area contributed by atoms with Crippen LogP contribution in [-0.2, 0) is 0 Å². The van der Waals surface area contributed by atoms with Gasteiger partial charge in [0.1, 0.15) is 5.37 Å². The van der Waals surface area contributed by atoms with Crippen LogP contribution >= 0.6 is 12.2 Å². The number of aliphatic hydroxyl groups is 1. The van der Waals surface area contributed by atoms with Gasteiger partial charge in [-0.15, -0.1) is 0 Å². The number of thiocarbonyl (C=S) groups is 1. The van der Waals surface area contributed by atoms with Crippen LogP contribution in [0.25, 0.3) is 0 Å². The van der Waals surface area contributed by atoms with Crippen molar-refractivity contribution < 1.29 is 10.1 Å². The average molecular weight is 191 g/mol. The Bertz CT molecular complexity index is 376. The van der Waals surface area contributed by atoms with E-state index in [-0.39, 0.29) is 5.90 Å². The third-order valence-corrected chi connectivity index (χ3v) is 1.62. The standard InChI is InChI=1S/C9H6N2OS/c10-5-7-1-3-8(4-2-7)11-9(12)6-13/h1-4,6H,(H,11,12)/p+1. The minimum atomic E-state index is -0.0836. The molecule has 64 valence electrons. The van der Waals surface area contributed by atoms with E-state index in [1.54, 1.807) is 24.3 Å². The molecular weight excluding hydrogens is 184 g/mol. The van der Waals surface area contributed by atoms with Gasteiger partial charge >= 0.3 is 5.90 Å². The van der Waals surface area contributed by atoms with E-state index in [2.05, 4.69) is 17.2 Å². The predicted octanol–water partition coefficient (Wildman–Crippen LogP) is 0.227. The first-order valence-corrected chi connectivity index (χ1v) is 4.01. The maximum absolute atomic E-state index is 9.02. The van der Waals surface area contributed by atoms with E-state index in [0.29, 0.717) is 11.3 Å². The predicted molar refractivity (Wildman–Crippen MR) is 53.1 cm³/mol. The van der Waals surface area contributed by atoms with E-state index < -0.39 is 0 Å². The molecule has 0 amide bonds. The van der Waals surface area contributed by atoms with E-state index in [1.165, 1.54) is 0 Å². The second-order valence-electron chi connectivity index (χ2n) is 2.32. The molecule has 0 aliphatic heterocycles. The lowest BCUT2D eigenvalue weighted by molar-refractivity contribution is -0.362. The maximum Gasteiger partial charge on any atom is 0.375 e. The first-order valence-electron chi connectivity index (χ1n) is 3.54. The van der Waals surface area contributed by atoms with Gasteiger partial charge in [0.2, 0.25) is 5.69 Å². The van der Waals surface area contributed by atoms with Crippen molar-refractivity contribution in [1.82, 2.24) is 0 Å². The molecule has 0 unspecified atom stereocenters. The van der Waals surface area contributed by atoms with Crippen LogP contribution < -0.4 is 4.99 Å². The Morgan fingerprint density at radius 2 is 2.08 bits per heavy atom. The Labute approximate surface area is 81.0 Å². The monoisotopic (exact) mass is 191 g/mol. The third-order valence-electron chi connectivity index (χ3n) is 1.40. The molecule has 4 heteroatoms. The Balaban J connectivity index is 2.94. The van der Waals surface area contributed by atoms with Crippen molar-refractivity contribution in [3.05, 3.63) is 29.8 Å². The molecule has 13 heavy (non-hydrogen) atoms. The Morgan fingerprint density at radius 1 is 1.46 bits per heavy atom. The molecule has 0 aliphatic rings. The molecule has 1 rings (SSSR count). The summed E-state index contributed by atoms with van der Waals surface area (Å²) in [5, 5.41) is 18.7. The van der Waals surface area contributed by atoms with Crippen LogP contribution in [0.2, 0.25) is 0 Å². The quantitative estimate of drug-likeness (QED) is 0.399. The van der Waals surface area contributed by atoms with Gasteiger partial charge in [-0.05, 0) is 12.1 Å². The van der Waals surface area contributed by atoms with Crippen molar-refractivity contribution in [2.75, 3.05) is 0 Å². The number of nitrogens with zero attached hydrogens (tertiary/aromatic N) is 1. The highest BCUT2D eigenvalue weighted by atomic mass is 32.1. The summed E-state index contributed by atoms with van der Waals surface area (Å²) in [4.78, 5) is 2.65. The second-order valence-corrected chi connectivity index (χ2v) is 2.55. The van der Waals surface area contributed by atoms with Gasteiger partial charge in [-0.1, -0.05) is 12.2 Å². The number of aliphatic hydroxyl groups excluding tert-OH is 1. The number of hydrogen-bond donors (Lipinski definition) is 2. The van der Waals surface area contributed by atoms with Crippen molar-refractivity contribution in [3.63, 3.8) is 0 Å². The maximum atomic E-state index is 9.02. The molecule has 3 nitrogen and oxygen atoms in total. The van der Waals surface area contributed by atoms with E-state index in [1.807, 2.05) is 6.07 Å². The highest BCUT2D eigenvalue weighted by Gasteiger charge is 1.99. The molecule has 0 aliphatic carbocycles. The highest BCUT2D eigenvalue weighted by Crippen LogP contribution is 2.01. The Morgan fingerprint density at radius 3 is 2.54 bits per heavy atom. The number of hydrogen-bond acceptors (Lipinski definition) is 2. The molecule has 1 aromatic rings. The Kier molecular flexibility index (Phi) is 3.12. The summed E-state index contributed by atoms with van der Waals surface area (Å²) in [5.74, 6) is -0.0836. The molecule has 2 N–H and O–H groups in total. The zero-order chi connectivity index (χ0) is 9.68. The molecule has 0 saturated carbocycles. The zero-order valence-corrected chi connectivity index (χ0v) is 7.51. The molecule has 0 saturated heterocycles. The van der Waals surface area contributed by atoms with E-state index in [4.69, 9.17) is 10.4 Å². The van der Waals surface area contributed by atoms with Crippen LogP contribution in [0.3, 0.4) is 0 Å². The van der Waals surface area contributed by atoms with Crippen molar-refractivity contribution >= 4 is 29.2 Å². The lowest BCUT2D eigenvalue weighted by Gasteiger charge is -1.87. The average Bonchev–Trinajstić information content (AvgIpc) is 2.19. The van der Waals surface area contributed by atoms with Crippen molar-refractivity contribution in [3.8, 4) is 6.07 Å². The van der Waals surface area contributed by atoms with Gasteiger partial charge in [0.25, 0.3) is 0 Å². The van der Waals surface area contributed by atoms with Crippen molar-refractivity contribution in [1.29, 1.82) is 5.26 Å². The first kappa shape index (κ1) is 9.36. The minimum Gasteiger partial charge on any atom is -0.459 e. The highest BCUT2D eigenvalue weighted by molar-refractivity contribution is 7.80. The SMILES string of the molecule is N#Cc1ccc([NH+]=C(O)C=S)cc1. The topological polar surface area (TPSA) is 58.0 Å². The van der Waals surface area contributed by atoms with E-state index >= 15 is 0 Å². The molecule has 0 fully saturated rings. The van der Waals surface area contributed by atoms with Gasteiger partial charge < -0.3 is 5.11 Å². The normalized spacial score (nSPS) is 10.5. The summed E-state index contributed by atoms with van der Waals surface area (Å²) < 4.78 is 0. The molecule has 0 heterocycles. The molecule has 0 atom stereocenters. The second kappa shape index (κ2) is 4.33. The fraction of sp³-hybridized carbons (Fsp3) is 0. The van der Waals surface area contributed by atoms with E-state index in [0.717, 1.165) is 5.37 Å². The van der Waals surface area contributed by atoms with Crippen LogP contribution in [-0.4, -0.2) is 16.4 Å². The molecule has 1 aromatic carbocycles. The summed E-state index contributed by atoms with van der Waals surface area (Å²) in [6.45, 7) is 0. The van der Waals surface area contributed by atoms with Gasteiger partial charge in [-0.2, -0.15) is 10.3 Å². The summed E-state index contributed by atoms with van der Waals surface area (Å²) in [5.41, 5.74) is 1.27. The number of nitrogens with one attached hydrogen (secondary N) is 1. The molecule has 0 bridgehead atoms. The first-order chi connectivity index (χ1) is 6.26. The zero-order valence-electron chi connectivity index (χ0n) is 6.69. The van der Waals surface area contributed by atoms with Gasteiger partial charge in [0.05, 0.1) is 11.6 Å². The van der Waals surface area contributed by atoms with Crippen molar-refractivity contribution in [2.45, 2.75) is 0 Å². The smallest absolute Gasteiger partial charge is 0.375 e. The van der Waals surface area contributed by atoms with Gasteiger partial charge in [-0.3, -0.25) is 0 Å². The van der Waals surface area contributed by atoms with E-state index in [9.17, 15) is 0 Å². The number of nitriles is 1. The van der Waals surface area contributed by atoms with Crippen molar-refractivity contribution in [2.24, 2.45) is 0 Å².